The lowest BCUT2D eigenvalue weighted by Crippen LogP contribution is -2.30. The van der Waals surface area contributed by atoms with Crippen molar-refractivity contribution in [2.24, 2.45) is 4.99 Å². The van der Waals surface area contributed by atoms with Gasteiger partial charge in [-0.05, 0) is 32.3 Å². The number of benzene rings is 1. The molecule has 1 aliphatic heterocycles. The van der Waals surface area contributed by atoms with Crippen LogP contribution in [0.25, 0.3) is 0 Å². The molecule has 2 rings (SSSR count). The summed E-state index contributed by atoms with van der Waals surface area (Å²) in [5, 5.41) is 4.62. The highest BCUT2D eigenvalue weighted by Gasteiger charge is 2.15. The van der Waals surface area contributed by atoms with Crippen LogP contribution in [0.4, 0.5) is 0 Å². The molecule has 0 aromatic heterocycles. The Kier molecular flexibility index (Phi) is 4.49. The molecule has 1 aliphatic rings. The van der Waals surface area contributed by atoms with E-state index in [9.17, 15) is 0 Å². The predicted octanol–water partition coefficient (Wildman–Crippen LogP) is 3.09. The van der Waals surface area contributed by atoms with E-state index in [0.717, 1.165) is 23.8 Å². The minimum atomic E-state index is 0.476. The van der Waals surface area contributed by atoms with Gasteiger partial charge in [0.2, 0.25) is 0 Å². The van der Waals surface area contributed by atoms with E-state index in [1.54, 1.807) is 0 Å². The molecule has 1 aromatic rings. The van der Waals surface area contributed by atoms with Gasteiger partial charge < -0.3 is 5.32 Å². The monoisotopic (exact) mass is 248 g/mol. The van der Waals surface area contributed by atoms with Gasteiger partial charge in [-0.2, -0.15) is 0 Å². The van der Waals surface area contributed by atoms with Gasteiger partial charge in [-0.1, -0.05) is 42.1 Å². The Morgan fingerprint density at radius 2 is 2.18 bits per heavy atom. The van der Waals surface area contributed by atoms with Crippen LogP contribution in [0.5, 0.6) is 0 Å². The van der Waals surface area contributed by atoms with Gasteiger partial charge in [0.15, 0.2) is 5.17 Å². The van der Waals surface area contributed by atoms with Crippen molar-refractivity contribution < 1.29 is 0 Å². The average molecular weight is 248 g/mol. The van der Waals surface area contributed by atoms with E-state index >= 15 is 0 Å². The largest absolute Gasteiger partial charge is 0.362 e. The molecule has 17 heavy (non-hydrogen) atoms. The number of hydrogen-bond acceptors (Lipinski definition) is 3. The van der Waals surface area contributed by atoms with Gasteiger partial charge in [0.1, 0.15) is 0 Å². The molecule has 2 nitrogen and oxygen atoms in total. The molecule has 1 heterocycles. The number of thioether (sulfide) groups is 1. The van der Waals surface area contributed by atoms with Gasteiger partial charge in [-0.15, -0.1) is 0 Å². The highest BCUT2D eigenvalue weighted by molar-refractivity contribution is 8.14. The average Bonchev–Trinajstić information content (AvgIpc) is 2.73. The fourth-order valence-electron chi connectivity index (χ4n) is 1.86. The molecule has 2 unspecified atom stereocenters. The molecule has 92 valence electrons. The van der Waals surface area contributed by atoms with E-state index in [0.29, 0.717) is 12.1 Å². The minimum absolute atomic E-state index is 0.476. The molecular weight excluding hydrogens is 228 g/mol. The van der Waals surface area contributed by atoms with Crippen LogP contribution in [-0.2, 0) is 6.42 Å². The molecule has 1 N–H and O–H groups in total. The predicted molar refractivity (Wildman–Crippen MR) is 76.7 cm³/mol. The number of amidine groups is 1. The second-order valence-corrected chi connectivity index (χ2v) is 5.67. The zero-order chi connectivity index (χ0) is 12.1. The standard InChI is InChI=1S/C14H20N2S/c1-11(15-14-16-12(2)10-17-14)8-9-13-6-4-3-5-7-13/h3-7,11-12H,8-10H2,1-2H3,(H,15,16). The molecule has 0 saturated heterocycles. The Hall–Kier alpha value is -0.960. The first kappa shape index (κ1) is 12.5. The summed E-state index contributed by atoms with van der Waals surface area (Å²) >= 11 is 1.84. The Bertz CT molecular complexity index is 375. The molecule has 1 aromatic carbocycles. The van der Waals surface area contributed by atoms with Crippen molar-refractivity contribution in [2.45, 2.75) is 38.8 Å². The van der Waals surface area contributed by atoms with Gasteiger partial charge in [0, 0.05) is 11.8 Å². The van der Waals surface area contributed by atoms with Gasteiger partial charge in [-0.25, -0.2) is 0 Å². The maximum Gasteiger partial charge on any atom is 0.157 e. The minimum Gasteiger partial charge on any atom is -0.362 e. The Labute approximate surface area is 108 Å². The van der Waals surface area contributed by atoms with Crippen molar-refractivity contribution >= 4 is 16.9 Å². The van der Waals surface area contributed by atoms with E-state index in [1.165, 1.54) is 5.56 Å². The number of rotatable bonds is 4. The lowest BCUT2D eigenvalue weighted by atomic mass is 10.1. The second kappa shape index (κ2) is 6.10. The highest BCUT2D eigenvalue weighted by atomic mass is 32.2. The summed E-state index contributed by atoms with van der Waals surface area (Å²) in [6, 6.07) is 11.6. The zero-order valence-electron chi connectivity index (χ0n) is 10.5. The van der Waals surface area contributed by atoms with Gasteiger partial charge >= 0.3 is 0 Å². The normalized spacial score (nSPS) is 21.1. The fraction of sp³-hybridized carbons (Fsp3) is 0.500. The topological polar surface area (TPSA) is 24.4 Å². The van der Waals surface area contributed by atoms with E-state index in [1.807, 2.05) is 11.8 Å². The van der Waals surface area contributed by atoms with Crippen molar-refractivity contribution in [3.63, 3.8) is 0 Å². The van der Waals surface area contributed by atoms with E-state index in [-0.39, 0.29) is 0 Å². The molecule has 0 bridgehead atoms. The Morgan fingerprint density at radius 3 is 2.82 bits per heavy atom. The number of nitrogens with one attached hydrogen (secondary N) is 1. The summed E-state index contributed by atoms with van der Waals surface area (Å²) in [4.78, 5) is 4.55. The maximum absolute atomic E-state index is 4.55. The van der Waals surface area contributed by atoms with E-state index in [2.05, 4.69) is 54.5 Å². The van der Waals surface area contributed by atoms with Crippen LogP contribution in [0.3, 0.4) is 0 Å². The van der Waals surface area contributed by atoms with Crippen molar-refractivity contribution in [1.29, 1.82) is 0 Å². The molecule has 2 atom stereocenters. The fourth-order valence-corrected chi connectivity index (χ4v) is 2.88. The van der Waals surface area contributed by atoms with Gasteiger partial charge in [-0.3, -0.25) is 4.99 Å². The summed E-state index contributed by atoms with van der Waals surface area (Å²) < 4.78 is 0. The summed E-state index contributed by atoms with van der Waals surface area (Å²) in [5.41, 5.74) is 1.41. The van der Waals surface area contributed by atoms with Crippen LogP contribution in [0, 0.1) is 0 Å². The summed E-state index contributed by atoms with van der Waals surface area (Å²) in [5.74, 6) is 1.12. The Morgan fingerprint density at radius 1 is 1.41 bits per heavy atom. The SMILES string of the molecule is CC1CSC(NC(C)CCc2ccccc2)=N1. The third-order valence-electron chi connectivity index (χ3n) is 2.88. The van der Waals surface area contributed by atoms with Crippen LogP contribution < -0.4 is 5.32 Å². The molecule has 0 aliphatic carbocycles. The molecule has 3 heteroatoms. The summed E-state index contributed by atoms with van der Waals surface area (Å²) in [6.45, 7) is 4.39. The van der Waals surface area contributed by atoms with Crippen LogP contribution in [0.2, 0.25) is 0 Å². The third-order valence-corrected chi connectivity index (χ3v) is 4.02. The van der Waals surface area contributed by atoms with Crippen LogP contribution >= 0.6 is 11.8 Å². The molecule has 0 saturated carbocycles. The van der Waals surface area contributed by atoms with Crippen LogP contribution in [-0.4, -0.2) is 23.0 Å². The van der Waals surface area contributed by atoms with Crippen LogP contribution in [0.1, 0.15) is 25.8 Å². The van der Waals surface area contributed by atoms with Crippen molar-refractivity contribution in [2.75, 3.05) is 5.75 Å². The quantitative estimate of drug-likeness (QED) is 0.885. The Balaban J connectivity index is 1.74. The highest BCUT2D eigenvalue weighted by Crippen LogP contribution is 2.16. The molecule has 0 amide bonds. The third kappa shape index (κ3) is 4.08. The maximum atomic E-state index is 4.55. The van der Waals surface area contributed by atoms with Crippen molar-refractivity contribution in [1.82, 2.24) is 5.32 Å². The first-order chi connectivity index (χ1) is 8.24. The lowest BCUT2D eigenvalue weighted by Gasteiger charge is -2.14. The number of aryl methyl sites for hydroxylation is 1. The van der Waals surface area contributed by atoms with E-state index in [4.69, 9.17) is 0 Å². The lowest BCUT2D eigenvalue weighted by molar-refractivity contribution is 0.609. The number of aliphatic imine (C=N–C) groups is 1. The van der Waals surface area contributed by atoms with Crippen LogP contribution in [0.15, 0.2) is 35.3 Å². The molecular formula is C14H20N2S. The second-order valence-electron chi connectivity index (χ2n) is 4.66. The molecule has 0 spiro atoms. The zero-order valence-corrected chi connectivity index (χ0v) is 11.3. The molecule has 0 fully saturated rings. The first-order valence-corrected chi connectivity index (χ1v) is 7.23. The summed E-state index contributed by atoms with van der Waals surface area (Å²) in [7, 11) is 0. The molecule has 0 radical (unpaired) electrons. The number of nitrogens with zero attached hydrogens (tertiary/aromatic N) is 1. The number of hydrogen-bond donors (Lipinski definition) is 1. The van der Waals surface area contributed by atoms with Crippen molar-refractivity contribution in [3.05, 3.63) is 35.9 Å². The van der Waals surface area contributed by atoms with Crippen molar-refractivity contribution in [3.8, 4) is 0 Å². The van der Waals surface area contributed by atoms with Gasteiger partial charge in [0.05, 0.1) is 6.04 Å². The first-order valence-electron chi connectivity index (χ1n) is 6.25. The summed E-state index contributed by atoms with van der Waals surface area (Å²) in [6.07, 6.45) is 2.28. The smallest absolute Gasteiger partial charge is 0.157 e. The van der Waals surface area contributed by atoms with Gasteiger partial charge in [0.25, 0.3) is 0 Å². The van der Waals surface area contributed by atoms with E-state index < -0.39 is 0 Å².